The molecule has 0 atom stereocenters. The lowest BCUT2D eigenvalue weighted by Gasteiger charge is -2.12. The molecule has 0 unspecified atom stereocenters. The molecule has 0 aliphatic heterocycles. The third-order valence-corrected chi connectivity index (χ3v) is 5.52. The molecule has 0 aromatic heterocycles. The summed E-state index contributed by atoms with van der Waals surface area (Å²) in [7, 11) is 0. The van der Waals surface area contributed by atoms with E-state index in [0.29, 0.717) is 17.1 Å². The second-order valence-corrected chi connectivity index (χ2v) is 9.17. The van der Waals surface area contributed by atoms with E-state index < -0.39 is 17.9 Å². The minimum absolute atomic E-state index is 0.0204. The zero-order valence-electron chi connectivity index (χ0n) is 22.6. The third-order valence-electron chi connectivity index (χ3n) is 5.52. The molecule has 40 heavy (non-hydrogen) atoms. The topological polar surface area (TPSA) is 105 Å². The number of hydrogen-bond acceptors (Lipinski definition) is 8. The third kappa shape index (κ3) is 8.52. The number of benzene rings is 3. The SMILES string of the molecule is C=CC(=O)Oc1cc(CCC(=O)Oc2ccc(-c3ccc(OC(=O)C(C)C)cc3)cc2)ccc1OC(=O)C(=C)C. The summed E-state index contributed by atoms with van der Waals surface area (Å²) in [5.41, 5.74) is 2.66. The lowest BCUT2D eigenvalue weighted by Crippen LogP contribution is -2.14. The predicted molar refractivity (Wildman–Crippen MR) is 149 cm³/mol. The molecule has 0 spiro atoms. The molecular weight excluding hydrogens is 512 g/mol. The molecule has 0 N–H and O–H groups in total. The lowest BCUT2D eigenvalue weighted by molar-refractivity contribution is -0.138. The van der Waals surface area contributed by atoms with E-state index in [1.807, 2.05) is 24.3 Å². The van der Waals surface area contributed by atoms with Crippen molar-refractivity contribution in [2.75, 3.05) is 0 Å². The summed E-state index contributed by atoms with van der Waals surface area (Å²) < 4.78 is 21.2. The normalized spacial score (nSPS) is 10.4. The van der Waals surface area contributed by atoms with Crippen LogP contribution in [0.1, 0.15) is 32.8 Å². The average Bonchev–Trinajstić information content (AvgIpc) is 2.93. The fourth-order valence-corrected chi connectivity index (χ4v) is 3.30. The summed E-state index contributed by atoms with van der Waals surface area (Å²) >= 11 is 0. The molecule has 0 aliphatic carbocycles. The first kappa shape index (κ1) is 29.6. The van der Waals surface area contributed by atoms with Gasteiger partial charge in [-0.2, -0.15) is 0 Å². The van der Waals surface area contributed by atoms with E-state index in [1.54, 1.807) is 44.2 Å². The van der Waals surface area contributed by atoms with E-state index in [0.717, 1.165) is 17.2 Å². The van der Waals surface area contributed by atoms with Crippen LogP contribution in [0.25, 0.3) is 11.1 Å². The van der Waals surface area contributed by atoms with Crippen LogP contribution in [0.15, 0.2) is 91.5 Å². The van der Waals surface area contributed by atoms with Crippen molar-refractivity contribution in [2.24, 2.45) is 5.92 Å². The first-order valence-corrected chi connectivity index (χ1v) is 12.5. The molecule has 206 valence electrons. The van der Waals surface area contributed by atoms with Crippen molar-refractivity contribution >= 4 is 23.9 Å². The van der Waals surface area contributed by atoms with E-state index in [2.05, 4.69) is 13.2 Å². The Labute approximate surface area is 232 Å². The van der Waals surface area contributed by atoms with Crippen LogP contribution >= 0.6 is 0 Å². The predicted octanol–water partition coefficient (Wildman–Crippen LogP) is 6.03. The molecule has 0 bridgehead atoms. The quantitative estimate of drug-likeness (QED) is 0.164. The minimum Gasteiger partial charge on any atom is -0.427 e. The molecule has 3 aromatic carbocycles. The van der Waals surface area contributed by atoms with Crippen LogP contribution in [-0.2, 0) is 25.6 Å². The Bertz CT molecular complexity index is 1420. The Morgan fingerprint density at radius 3 is 1.88 bits per heavy atom. The van der Waals surface area contributed by atoms with Crippen LogP contribution in [0.3, 0.4) is 0 Å². The van der Waals surface area contributed by atoms with Crippen LogP contribution in [0, 0.1) is 5.92 Å². The number of carbonyl (C=O) groups excluding carboxylic acids is 4. The number of carbonyl (C=O) groups is 4. The van der Waals surface area contributed by atoms with Crippen LogP contribution < -0.4 is 18.9 Å². The zero-order chi connectivity index (χ0) is 29.2. The van der Waals surface area contributed by atoms with Gasteiger partial charge in [0, 0.05) is 18.1 Å². The van der Waals surface area contributed by atoms with Gasteiger partial charge in [0.05, 0.1) is 5.92 Å². The molecule has 8 nitrogen and oxygen atoms in total. The Morgan fingerprint density at radius 1 is 0.775 bits per heavy atom. The number of hydrogen-bond donors (Lipinski definition) is 0. The van der Waals surface area contributed by atoms with Crippen molar-refractivity contribution in [2.45, 2.75) is 33.6 Å². The summed E-state index contributed by atoms with van der Waals surface area (Å²) in [5, 5.41) is 0. The standard InChI is InChI=1S/C32H30O8/c1-6-29(33)39-28-19-22(7-17-27(28)40-32(36)21(4)5)8-18-30(34)37-25-13-9-23(10-14-25)24-11-15-26(16-12-24)38-31(35)20(2)3/h6-7,9-17,19-20H,1,4,8,18H2,2-3,5H3. The maximum atomic E-state index is 12.5. The van der Waals surface area contributed by atoms with Gasteiger partial charge < -0.3 is 18.9 Å². The van der Waals surface area contributed by atoms with Gasteiger partial charge in [0.1, 0.15) is 11.5 Å². The first-order chi connectivity index (χ1) is 19.0. The van der Waals surface area contributed by atoms with E-state index in [-0.39, 0.29) is 41.8 Å². The number of aryl methyl sites for hydroxylation is 1. The van der Waals surface area contributed by atoms with Gasteiger partial charge in [-0.3, -0.25) is 9.59 Å². The highest BCUT2D eigenvalue weighted by atomic mass is 16.6. The van der Waals surface area contributed by atoms with Crippen LogP contribution in [0.5, 0.6) is 23.0 Å². The van der Waals surface area contributed by atoms with Crippen molar-refractivity contribution in [1.29, 1.82) is 0 Å². The van der Waals surface area contributed by atoms with Gasteiger partial charge >= 0.3 is 23.9 Å². The molecule has 0 heterocycles. The molecule has 0 saturated carbocycles. The molecule has 0 fully saturated rings. The molecule has 3 aromatic rings. The highest BCUT2D eigenvalue weighted by Gasteiger charge is 2.15. The van der Waals surface area contributed by atoms with Gasteiger partial charge in [0.25, 0.3) is 0 Å². The van der Waals surface area contributed by atoms with Crippen molar-refractivity contribution in [3.8, 4) is 34.1 Å². The number of esters is 4. The van der Waals surface area contributed by atoms with Gasteiger partial charge in [0.15, 0.2) is 11.5 Å². The fraction of sp³-hybridized carbons (Fsp3) is 0.188. The Kier molecular flexibility index (Phi) is 10.1. The Hall–Kier alpha value is -4.98. The van der Waals surface area contributed by atoms with Gasteiger partial charge in [-0.1, -0.05) is 57.3 Å². The van der Waals surface area contributed by atoms with Crippen LogP contribution in [0.4, 0.5) is 0 Å². The summed E-state index contributed by atoms with van der Waals surface area (Å²) in [6.07, 6.45) is 1.33. The maximum absolute atomic E-state index is 12.5. The molecule has 0 aliphatic rings. The van der Waals surface area contributed by atoms with Gasteiger partial charge in [-0.25, -0.2) is 9.59 Å². The van der Waals surface area contributed by atoms with Gasteiger partial charge in [-0.05, 0) is 66.4 Å². The second kappa shape index (κ2) is 13.7. The fourth-order valence-electron chi connectivity index (χ4n) is 3.30. The van der Waals surface area contributed by atoms with Crippen LogP contribution in [0.2, 0.25) is 0 Å². The number of ether oxygens (including phenoxy) is 4. The summed E-state index contributed by atoms with van der Waals surface area (Å²) in [5.74, 6) is -1.43. The van der Waals surface area contributed by atoms with Crippen molar-refractivity contribution in [1.82, 2.24) is 0 Å². The van der Waals surface area contributed by atoms with E-state index in [9.17, 15) is 19.2 Å². The molecule has 0 saturated heterocycles. The lowest BCUT2D eigenvalue weighted by atomic mass is 10.1. The average molecular weight is 543 g/mol. The summed E-state index contributed by atoms with van der Waals surface area (Å²) in [6, 6.07) is 18.8. The monoisotopic (exact) mass is 542 g/mol. The van der Waals surface area contributed by atoms with Crippen molar-refractivity contribution in [3.05, 3.63) is 97.1 Å². The maximum Gasteiger partial charge on any atom is 0.338 e. The minimum atomic E-state index is -0.724. The zero-order valence-corrected chi connectivity index (χ0v) is 22.6. The van der Waals surface area contributed by atoms with Crippen molar-refractivity contribution < 1.29 is 38.1 Å². The highest BCUT2D eigenvalue weighted by molar-refractivity contribution is 5.89. The molecule has 0 amide bonds. The largest absolute Gasteiger partial charge is 0.427 e. The summed E-state index contributed by atoms with van der Waals surface area (Å²) in [6.45, 7) is 11.9. The molecule has 0 radical (unpaired) electrons. The highest BCUT2D eigenvalue weighted by Crippen LogP contribution is 2.30. The first-order valence-electron chi connectivity index (χ1n) is 12.5. The van der Waals surface area contributed by atoms with Gasteiger partial charge in [0.2, 0.25) is 0 Å². The van der Waals surface area contributed by atoms with E-state index in [4.69, 9.17) is 18.9 Å². The van der Waals surface area contributed by atoms with Crippen molar-refractivity contribution in [3.63, 3.8) is 0 Å². The molecule has 3 rings (SSSR count). The molecule has 8 heteroatoms. The second-order valence-electron chi connectivity index (χ2n) is 9.17. The van der Waals surface area contributed by atoms with E-state index >= 15 is 0 Å². The Morgan fingerprint density at radius 2 is 1.35 bits per heavy atom. The van der Waals surface area contributed by atoms with Gasteiger partial charge in [-0.15, -0.1) is 0 Å². The number of rotatable bonds is 11. The van der Waals surface area contributed by atoms with E-state index in [1.165, 1.54) is 19.1 Å². The smallest absolute Gasteiger partial charge is 0.338 e. The van der Waals surface area contributed by atoms with Crippen LogP contribution in [-0.4, -0.2) is 23.9 Å². The Balaban J connectivity index is 1.59. The molecular formula is C32H30O8. The summed E-state index contributed by atoms with van der Waals surface area (Å²) in [4.78, 5) is 47.9.